The number of hydrogen-bond acceptors (Lipinski definition) is 4. The highest BCUT2D eigenvalue weighted by Gasteiger charge is 2.09. The van der Waals surface area contributed by atoms with Gasteiger partial charge in [-0.05, 0) is 42.2 Å². The van der Waals surface area contributed by atoms with Crippen molar-refractivity contribution in [2.24, 2.45) is 0 Å². The highest BCUT2D eigenvalue weighted by molar-refractivity contribution is 6.30. The molecule has 0 radical (unpaired) electrons. The van der Waals surface area contributed by atoms with Crippen LogP contribution in [0.3, 0.4) is 0 Å². The first-order valence-electron chi connectivity index (χ1n) is 8.94. The Labute approximate surface area is 168 Å². The first kappa shape index (κ1) is 19.8. The van der Waals surface area contributed by atoms with Crippen molar-refractivity contribution >= 4 is 23.3 Å². The number of nitrogens with zero attached hydrogens (tertiary/aromatic N) is 2. The SMILES string of the molecule is O=C(NCCc1cccc(Cl)c1)c1cc(NCCc2ccccc2F)ncn1. The molecule has 28 heavy (non-hydrogen) atoms. The number of anilines is 1. The van der Waals surface area contributed by atoms with Gasteiger partial charge in [-0.25, -0.2) is 14.4 Å². The molecule has 1 amide bonds. The molecule has 3 aromatic rings. The van der Waals surface area contributed by atoms with E-state index in [-0.39, 0.29) is 17.4 Å². The van der Waals surface area contributed by atoms with Crippen LogP contribution in [0.4, 0.5) is 10.2 Å². The molecule has 2 N–H and O–H groups in total. The quantitative estimate of drug-likeness (QED) is 0.604. The third kappa shape index (κ3) is 5.76. The maximum atomic E-state index is 13.6. The standard InChI is InChI=1S/C21H20ClFN4O/c22-17-6-3-4-15(12-17)8-10-25-21(28)19-13-20(27-14-26-19)24-11-9-16-5-1-2-7-18(16)23/h1-7,12-14H,8-11H2,(H,25,28)(H,24,26,27). The van der Waals surface area contributed by atoms with Crippen molar-refractivity contribution in [2.45, 2.75) is 12.8 Å². The molecule has 0 aliphatic rings. The lowest BCUT2D eigenvalue weighted by Crippen LogP contribution is -2.26. The average molecular weight is 399 g/mol. The summed E-state index contributed by atoms with van der Waals surface area (Å²) in [6.45, 7) is 0.965. The Hall–Kier alpha value is -2.99. The van der Waals surface area contributed by atoms with E-state index in [1.807, 2.05) is 24.3 Å². The van der Waals surface area contributed by atoms with E-state index in [0.717, 1.165) is 5.56 Å². The molecule has 0 aliphatic carbocycles. The Morgan fingerprint density at radius 1 is 1.00 bits per heavy atom. The minimum Gasteiger partial charge on any atom is -0.370 e. The number of carbonyl (C=O) groups is 1. The van der Waals surface area contributed by atoms with Crippen molar-refractivity contribution in [3.63, 3.8) is 0 Å². The maximum Gasteiger partial charge on any atom is 0.270 e. The maximum absolute atomic E-state index is 13.6. The second kappa shape index (κ2) is 9.80. The van der Waals surface area contributed by atoms with E-state index >= 15 is 0 Å². The largest absolute Gasteiger partial charge is 0.370 e. The average Bonchev–Trinajstić information content (AvgIpc) is 2.70. The number of aromatic nitrogens is 2. The molecular weight excluding hydrogens is 379 g/mol. The van der Waals surface area contributed by atoms with Gasteiger partial charge in [0.15, 0.2) is 0 Å². The zero-order chi connectivity index (χ0) is 19.8. The zero-order valence-corrected chi connectivity index (χ0v) is 15.9. The fourth-order valence-corrected chi connectivity index (χ4v) is 2.92. The highest BCUT2D eigenvalue weighted by atomic mass is 35.5. The fourth-order valence-electron chi connectivity index (χ4n) is 2.71. The molecule has 1 heterocycles. The molecule has 0 saturated carbocycles. The summed E-state index contributed by atoms with van der Waals surface area (Å²) < 4.78 is 13.6. The van der Waals surface area contributed by atoms with Crippen molar-refractivity contribution in [2.75, 3.05) is 18.4 Å². The number of nitrogens with one attached hydrogen (secondary N) is 2. The summed E-state index contributed by atoms with van der Waals surface area (Å²) in [5, 5.41) is 6.60. The van der Waals surface area contributed by atoms with Gasteiger partial charge in [0.1, 0.15) is 23.7 Å². The predicted molar refractivity (Wildman–Crippen MR) is 108 cm³/mol. The van der Waals surface area contributed by atoms with Gasteiger partial charge in [0.05, 0.1) is 0 Å². The molecular formula is C21H20ClFN4O. The third-order valence-electron chi connectivity index (χ3n) is 4.15. The second-order valence-corrected chi connectivity index (χ2v) is 6.63. The Morgan fingerprint density at radius 2 is 1.86 bits per heavy atom. The summed E-state index contributed by atoms with van der Waals surface area (Å²) in [4.78, 5) is 20.4. The Morgan fingerprint density at radius 3 is 2.68 bits per heavy atom. The molecule has 0 aliphatic heterocycles. The van der Waals surface area contributed by atoms with Crippen molar-refractivity contribution in [3.05, 3.63) is 88.6 Å². The molecule has 0 spiro atoms. The number of hydrogen-bond donors (Lipinski definition) is 2. The van der Waals surface area contributed by atoms with E-state index < -0.39 is 0 Å². The van der Waals surface area contributed by atoms with Crippen molar-refractivity contribution in [3.8, 4) is 0 Å². The van der Waals surface area contributed by atoms with E-state index in [1.54, 1.807) is 24.3 Å². The van der Waals surface area contributed by atoms with Crippen LogP contribution in [0.25, 0.3) is 0 Å². The highest BCUT2D eigenvalue weighted by Crippen LogP contribution is 2.11. The van der Waals surface area contributed by atoms with Gasteiger partial charge in [0.25, 0.3) is 5.91 Å². The van der Waals surface area contributed by atoms with Crippen LogP contribution in [-0.4, -0.2) is 29.0 Å². The summed E-state index contributed by atoms with van der Waals surface area (Å²) in [6, 6.07) is 15.7. The molecule has 5 nitrogen and oxygen atoms in total. The number of halogens is 2. The van der Waals surface area contributed by atoms with Gasteiger partial charge >= 0.3 is 0 Å². The van der Waals surface area contributed by atoms with Crippen molar-refractivity contribution in [1.82, 2.24) is 15.3 Å². The van der Waals surface area contributed by atoms with Crippen LogP contribution in [0.15, 0.2) is 60.9 Å². The van der Waals surface area contributed by atoms with Crippen LogP contribution in [0.1, 0.15) is 21.6 Å². The summed E-state index contributed by atoms with van der Waals surface area (Å²) in [6.07, 6.45) is 2.51. The summed E-state index contributed by atoms with van der Waals surface area (Å²) in [5.41, 5.74) is 1.95. The van der Waals surface area contributed by atoms with Crippen molar-refractivity contribution < 1.29 is 9.18 Å². The van der Waals surface area contributed by atoms with Crippen molar-refractivity contribution in [1.29, 1.82) is 0 Å². The number of carbonyl (C=O) groups excluding carboxylic acids is 1. The van der Waals surface area contributed by atoms with Gasteiger partial charge in [0, 0.05) is 24.2 Å². The molecule has 7 heteroatoms. The van der Waals surface area contributed by atoms with E-state index in [0.29, 0.717) is 42.3 Å². The van der Waals surface area contributed by atoms with Crippen LogP contribution in [0, 0.1) is 5.82 Å². The Balaban J connectivity index is 1.49. The molecule has 0 saturated heterocycles. The topological polar surface area (TPSA) is 66.9 Å². The number of amides is 1. The Kier molecular flexibility index (Phi) is 6.92. The molecule has 2 aromatic carbocycles. The second-order valence-electron chi connectivity index (χ2n) is 6.19. The van der Waals surface area contributed by atoms with Crippen LogP contribution in [0.5, 0.6) is 0 Å². The Bertz CT molecular complexity index is 951. The van der Waals surface area contributed by atoms with Gasteiger partial charge < -0.3 is 10.6 Å². The van der Waals surface area contributed by atoms with Gasteiger partial charge in [-0.2, -0.15) is 0 Å². The van der Waals surface area contributed by atoms with Gasteiger partial charge in [-0.1, -0.05) is 41.9 Å². The predicted octanol–water partition coefficient (Wildman–Crippen LogP) is 3.90. The minimum absolute atomic E-state index is 0.230. The lowest BCUT2D eigenvalue weighted by Gasteiger charge is -2.08. The van der Waals surface area contributed by atoms with Gasteiger partial charge in [-0.15, -0.1) is 0 Å². The molecule has 3 rings (SSSR count). The molecule has 0 bridgehead atoms. The smallest absolute Gasteiger partial charge is 0.270 e. The van der Waals surface area contributed by atoms with Crippen LogP contribution < -0.4 is 10.6 Å². The molecule has 144 valence electrons. The first-order chi connectivity index (χ1) is 13.6. The summed E-state index contributed by atoms with van der Waals surface area (Å²) in [5.74, 6) is 0.0136. The zero-order valence-electron chi connectivity index (χ0n) is 15.2. The van der Waals surface area contributed by atoms with E-state index in [9.17, 15) is 9.18 Å². The fraction of sp³-hybridized carbons (Fsp3) is 0.190. The molecule has 0 atom stereocenters. The number of rotatable bonds is 8. The first-order valence-corrected chi connectivity index (χ1v) is 9.31. The van der Waals surface area contributed by atoms with E-state index in [1.165, 1.54) is 12.4 Å². The van der Waals surface area contributed by atoms with E-state index in [4.69, 9.17) is 11.6 Å². The molecule has 1 aromatic heterocycles. The third-order valence-corrected chi connectivity index (χ3v) is 4.38. The van der Waals surface area contributed by atoms with E-state index in [2.05, 4.69) is 20.6 Å². The lowest BCUT2D eigenvalue weighted by atomic mass is 10.1. The monoisotopic (exact) mass is 398 g/mol. The minimum atomic E-state index is -0.276. The molecule has 0 fully saturated rings. The summed E-state index contributed by atoms with van der Waals surface area (Å²) >= 11 is 5.96. The van der Waals surface area contributed by atoms with Crippen LogP contribution in [0.2, 0.25) is 5.02 Å². The normalized spacial score (nSPS) is 10.5. The molecule has 0 unspecified atom stereocenters. The van der Waals surface area contributed by atoms with Gasteiger partial charge in [0.2, 0.25) is 0 Å². The number of benzene rings is 2. The lowest BCUT2D eigenvalue weighted by molar-refractivity contribution is 0.0949. The van der Waals surface area contributed by atoms with Gasteiger partial charge in [-0.3, -0.25) is 4.79 Å². The van der Waals surface area contributed by atoms with Crippen LogP contribution >= 0.6 is 11.6 Å². The van der Waals surface area contributed by atoms with Crippen LogP contribution in [-0.2, 0) is 12.8 Å². The summed E-state index contributed by atoms with van der Waals surface area (Å²) in [7, 11) is 0.